The smallest absolute Gasteiger partial charge is 0.292 e. The Hall–Kier alpha value is -2.25. The number of hydrogen-bond donors (Lipinski definition) is 0. The number of amides is 1. The standard InChI is InChI=1S/C19H23N3O4/c1-13-5-15(9-20-8-13)10-24-16-3-4-25-19(7-16)11-22(12-19)18(23)17-6-14(2)21-26-17/h5-6,8-9,16H,3-4,7,10-12H2,1-2H3. The van der Waals surface area contributed by atoms with E-state index in [1.807, 2.05) is 19.3 Å². The zero-order chi connectivity index (χ0) is 18.1. The van der Waals surface area contributed by atoms with E-state index < -0.39 is 0 Å². The van der Waals surface area contributed by atoms with Crippen LogP contribution in [0.4, 0.5) is 0 Å². The van der Waals surface area contributed by atoms with E-state index in [2.05, 4.69) is 16.2 Å². The number of ether oxygens (including phenoxy) is 2. The van der Waals surface area contributed by atoms with Gasteiger partial charge in [-0.2, -0.15) is 0 Å². The highest BCUT2D eigenvalue weighted by atomic mass is 16.5. The minimum atomic E-state index is -0.293. The summed E-state index contributed by atoms with van der Waals surface area (Å²) >= 11 is 0. The highest BCUT2D eigenvalue weighted by Gasteiger charge is 2.50. The largest absolute Gasteiger partial charge is 0.373 e. The summed E-state index contributed by atoms with van der Waals surface area (Å²) in [5, 5.41) is 3.77. The van der Waals surface area contributed by atoms with E-state index in [0.29, 0.717) is 32.0 Å². The van der Waals surface area contributed by atoms with Crippen LogP contribution in [0.15, 0.2) is 29.0 Å². The predicted molar refractivity (Wildman–Crippen MR) is 92.6 cm³/mol. The van der Waals surface area contributed by atoms with Crippen LogP contribution >= 0.6 is 0 Å². The number of aryl methyl sites for hydroxylation is 2. The molecule has 26 heavy (non-hydrogen) atoms. The molecule has 1 unspecified atom stereocenters. The van der Waals surface area contributed by atoms with Crippen LogP contribution in [0.25, 0.3) is 0 Å². The SMILES string of the molecule is Cc1cncc(COC2CCOC3(C2)CN(C(=O)c2cc(C)no2)C3)c1. The summed E-state index contributed by atoms with van der Waals surface area (Å²) in [6, 6.07) is 3.75. The fourth-order valence-corrected chi connectivity index (χ4v) is 3.67. The second-order valence-electron chi connectivity index (χ2n) is 7.32. The fourth-order valence-electron chi connectivity index (χ4n) is 3.67. The van der Waals surface area contributed by atoms with E-state index in [1.165, 1.54) is 0 Å². The maximum Gasteiger partial charge on any atom is 0.292 e. The average Bonchev–Trinajstić information content (AvgIpc) is 3.04. The van der Waals surface area contributed by atoms with E-state index in [1.54, 1.807) is 17.9 Å². The van der Waals surface area contributed by atoms with Crippen molar-refractivity contribution in [3.05, 3.63) is 47.1 Å². The van der Waals surface area contributed by atoms with Crippen LogP contribution < -0.4 is 0 Å². The number of likely N-dealkylation sites (tertiary alicyclic amines) is 1. The Morgan fingerprint density at radius 2 is 2.19 bits per heavy atom. The molecule has 1 spiro atoms. The van der Waals surface area contributed by atoms with E-state index >= 15 is 0 Å². The van der Waals surface area contributed by atoms with Crippen molar-refractivity contribution in [1.82, 2.24) is 15.0 Å². The van der Waals surface area contributed by atoms with Gasteiger partial charge in [0.05, 0.1) is 31.5 Å². The molecule has 2 aromatic rings. The monoisotopic (exact) mass is 357 g/mol. The lowest BCUT2D eigenvalue weighted by atomic mass is 9.84. The molecule has 2 aliphatic heterocycles. The van der Waals surface area contributed by atoms with Gasteiger partial charge in [0.25, 0.3) is 5.91 Å². The lowest BCUT2D eigenvalue weighted by Crippen LogP contribution is -2.67. The molecule has 1 atom stereocenters. The second kappa shape index (κ2) is 6.81. The summed E-state index contributed by atoms with van der Waals surface area (Å²) in [6.45, 7) is 6.16. The van der Waals surface area contributed by atoms with Gasteiger partial charge in [0.15, 0.2) is 0 Å². The zero-order valence-corrected chi connectivity index (χ0v) is 15.1. The number of rotatable bonds is 4. The number of carbonyl (C=O) groups excluding carboxylic acids is 1. The van der Waals surface area contributed by atoms with Gasteiger partial charge in [0, 0.05) is 31.5 Å². The summed E-state index contributed by atoms with van der Waals surface area (Å²) in [6.07, 6.45) is 5.48. The Labute approximate surface area is 152 Å². The third-order valence-electron chi connectivity index (χ3n) is 4.95. The first-order valence-electron chi connectivity index (χ1n) is 8.92. The van der Waals surface area contributed by atoms with Gasteiger partial charge in [-0.1, -0.05) is 11.2 Å². The molecule has 7 heteroatoms. The fraction of sp³-hybridized carbons (Fsp3) is 0.526. The van der Waals surface area contributed by atoms with Crippen LogP contribution in [0.5, 0.6) is 0 Å². The maximum atomic E-state index is 12.4. The van der Waals surface area contributed by atoms with E-state index in [9.17, 15) is 4.79 Å². The number of carbonyl (C=O) groups is 1. The molecular weight excluding hydrogens is 334 g/mol. The molecule has 2 aromatic heterocycles. The Morgan fingerprint density at radius 3 is 2.92 bits per heavy atom. The van der Waals surface area contributed by atoms with Crippen molar-refractivity contribution in [1.29, 1.82) is 0 Å². The first-order chi connectivity index (χ1) is 12.5. The van der Waals surface area contributed by atoms with Crippen LogP contribution in [0.3, 0.4) is 0 Å². The Balaban J connectivity index is 1.31. The van der Waals surface area contributed by atoms with Gasteiger partial charge >= 0.3 is 0 Å². The van der Waals surface area contributed by atoms with Crippen LogP contribution in [0.1, 0.15) is 40.2 Å². The van der Waals surface area contributed by atoms with Crippen molar-refractivity contribution in [2.45, 2.75) is 45.0 Å². The van der Waals surface area contributed by atoms with Crippen molar-refractivity contribution >= 4 is 5.91 Å². The molecule has 0 saturated carbocycles. The summed E-state index contributed by atoms with van der Waals surface area (Å²) < 4.78 is 17.1. The van der Waals surface area contributed by atoms with Crippen molar-refractivity contribution in [3.63, 3.8) is 0 Å². The van der Waals surface area contributed by atoms with Crippen molar-refractivity contribution < 1.29 is 18.8 Å². The molecule has 138 valence electrons. The Bertz CT molecular complexity index is 798. The van der Waals surface area contributed by atoms with E-state index in [-0.39, 0.29) is 23.4 Å². The summed E-state index contributed by atoms with van der Waals surface area (Å²) in [4.78, 5) is 18.3. The minimum absolute atomic E-state index is 0.131. The molecule has 7 nitrogen and oxygen atoms in total. The number of nitrogens with zero attached hydrogens (tertiary/aromatic N) is 3. The minimum Gasteiger partial charge on any atom is -0.373 e. The Morgan fingerprint density at radius 1 is 1.35 bits per heavy atom. The zero-order valence-electron chi connectivity index (χ0n) is 15.1. The highest BCUT2D eigenvalue weighted by molar-refractivity contribution is 5.92. The van der Waals surface area contributed by atoms with Gasteiger partial charge in [0.1, 0.15) is 5.60 Å². The molecule has 1 amide bonds. The van der Waals surface area contributed by atoms with Gasteiger partial charge in [-0.25, -0.2) is 0 Å². The molecule has 4 heterocycles. The number of pyridine rings is 1. The second-order valence-corrected chi connectivity index (χ2v) is 7.32. The third-order valence-corrected chi connectivity index (χ3v) is 4.95. The summed E-state index contributed by atoms with van der Waals surface area (Å²) in [7, 11) is 0. The van der Waals surface area contributed by atoms with E-state index in [4.69, 9.17) is 14.0 Å². The molecule has 0 aromatic carbocycles. The summed E-state index contributed by atoms with van der Waals surface area (Å²) in [5.74, 6) is 0.154. The maximum absolute atomic E-state index is 12.4. The van der Waals surface area contributed by atoms with Gasteiger partial charge in [-0.15, -0.1) is 0 Å². The van der Waals surface area contributed by atoms with Crippen molar-refractivity contribution in [2.75, 3.05) is 19.7 Å². The molecule has 0 aliphatic carbocycles. The van der Waals surface area contributed by atoms with Crippen molar-refractivity contribution in [2.24, 2.45) is 0 Å². The predicted octanol–water partition coefficient (Wildman–Crippen LogP) is 2.28. The molecule has 0 N–H and O–H groups in total. The molecule has 2 saturated heterocycles. The lowest BCUT2D eigenvalue weighted by molar-refractivity contribution is -0.188. The molecular formula is C19H23N3O4. The lowest BCUT2D eigenvalue weighted by Gasteiger charge is -2.52. The van der Waals surface area contributed by atoms with Crippen LogP contribution in [-0.2, 0) is 16.1 Å². The van der Waals surface area contributed by atoms with Crippen LogP contribution in [0, 0.1) is 13.8 Å². The van der Waals surface area contributed by atoms with Gasteiger partial charge in [-0.05, 0) is 31.4 Å². The van der Waals surface area contributed by atoms with Gasteiger partial charge < -0.3 is 18.9 Å². The molecule has 2 fully saturated rings. The number of hydrogen-bond acceptors (Lipinski definition) is 6. The molecule has 4 rings (SSSR count). The topological polar surface area (TPSA) is 77.7 Å². The normalized spacial score (nSPS) is 21.6. The first kappa shape index (κ1) is 17.2. The number of aromatic nitrogens is 2. The average molecular weight is 357 g/mol. The highest BCUT2D eigenvalue weighted by Crippen LogP contribution is 2.36. The Kier molecular flexibility index (Phi) is 4.50. The van der Waals surface area contributed by atoms with Gasteiger partial charge in [-0.3, -0.25) is 9.78 Å². The summed E-state index contributed by atoms with van der Waals surface area (Å²) in [5.41, 5.74) is 2.62. The molecule has 2 aliphatic rings. The molecule has 0 radical (unpaired) electrons. The third kappa shape index (κ3) is 3.50. The van der Waals surface area contributed by atoms with Crippen LogP contribution in [0.2, 0.25) is 0 Å². The quantitative estimate of drug-likeness (QED) is 0.835. The van der Waals surface area contributed by atoms with Crippen molar-refractivity contribution in [3.8, 4) is 0 Å². The first-order valence-corrected chi connectivity index (χ1v) is 8.92. The van der Waals surface area contributed by atoms with E-state index in [0.717, 1.165) is 24.0 Å². The molecule has 0 bridgehead atoms. The van der Waals surface area contributed by atoms with Gasteiger partial charge in [0.2, 0.25) is 5.76 Å². The van der Waals surface area contributed by atoms with Crippen LogP contribution in [-0.4, -0.2) is 52.3 Å².